The summed E-state index contributed by atoms with van der Waals surface area (Å²) in [5.41, 5.74) is 6.81. The van der Waals surface area contributed by atoms with E-state index in [2.05, 4.69) is 16.9 Å². The van der Waals surface area contributed by atoms with Crippen molar-refractivity contribution >= 4 is 17.0 Å². The maximum absolute atomic E-state index is 10.5. The van der Waals surface area contributed by atoms with E-state index in [0.717, 1.165) is 12.1 Å². The highest BCUT2D eigenvalue weighted by Gasteiger charge is 2.07. The summed E-state index contributed by atoms with van der Waals surface area (Å²) in [7, 11) is 0. The van der Waals surface area contributed by atoms with Gasteiger partial charge in [-0.15, -0.1) is 0 Å². The fourth-order valence-electron chi connectivity index (χ4n) is 2.33. The molecule has 2 aromatic rings. The van der Waals surface area contributed by atoms with Crippen molar-refractivity contribution in [1.82, 2.24) is 9.97 Å². The Balaban J connectivity index is 0.000000232. The molecule has 0 saturated carbocycles. The third kappa shape index (κ3) is 7.79. The van der Waals surface area contributed by atoms with E-state index in [1.54, 1.807) is 12.1 Å². The number of carboxylic acid groups (broad SMARTS) is 1. The fraction of sp³-hybridized carbons (Fsp3) is 0.556. The van der Waals surface area contributed by atoms with E-state index in [1.165, 1.54) is 51.4 Å². The molecule has 0 aliphatic rings. The zero-order valence-corrected chi connectivity index (χ0v) is 14.1. The molecule has 0 aliphatic heterocycles. The Morgan fingerprint density at radius 2 is 1.70 bits per heavy atom. The topological polar surface area (TPSA) is 92.0 Å². The number of hydrogen-bond acceptors (Lipinski definition) is 3. The van der Waals surface area contributed by atoms with Gasteiger partial charge in [0.1, 0.15) is 0 Å². The van der Waals surface area contributed by atoms with Gasteiger partial charge in [-0.25, -0.2) is 9.78 Å². The number of aromatic carboxylic acids is 1. The van der Waals surface area contributed by atoms with Crippen LogP contribution in [-0.2, 0) is 0 Å². The first kappa shape index (κ1) is 19.2. The lowest BCUT2D eigenvalue weighted by molar-refractivity contribution is 0.0685. The predicted octanol–water partition coefficient (Wildman–Crippen LogP) is 4.35. The van der Waals surface area contributed by atoms with Gasteiger partial charge in [0.05, 0.1) is 11.0 Å². The second-order valence-corrected chi connectivity index (χ2v) is 5.67. The maximum atomic E-state index is 10.5. The number of unbranched alkanes of at least 4 members (excludes halogenated alkanes) is 7. The molecule has 0 fully saturated rings. The number of carboxylic acids is 1. The van der Waals surface area contributed by atoms with Crippen molar-refractivity contribution in [3.05, 3.63) is 30.1 Å². The Hall–Kier alpha value is -1.88. The third-order valence-electron chi connectivity index (χ3n) is 3.65. The molecule has 5 nitrogen and oxygen atoms in total. The van der Waals surface area contributed by atoms with E-state index in [-0.39, 0.29) is 5.82 Å². The van der Waals surface area contributed by atoms with Crippen molar-refractivity contribution in [2.75, 3.05) is 6.54 Å². The molecule has 2 rings (SSSR count). The van der Waals surface area contributed by atoms with E-state index in [4.69, 9.17) is 10.8 Å². The Bertz CT molecular complexity index is 525. The third-order valence-corrected chi connectivity index (χ3v) is 3.65. The van der Waals surface area contributed by atoms with E-state index >= 15 is 0 Å². The summed E-state index contributed by atoms with van der Waals surface area (Å²) >= 11 is 0. The van der Waals surface area contributed by atoms with Crippen molar-refractivity contribution in [2.24, 2.45) is 5.73 Å². The van der Waals surface area contributed by atoms with Crippen LogP contribution in [0.25, 0.3) is 11.0 Å². The molecule has 1 heterocycles. The second kappa shape index (κ2) is 11.7. The van der Waals surface area contributed by atoms with Gasteiger partial charge in [-0.1, -0.05) is 64.0 Å². The monoisotopic (exact) mass is 319 g/mol. The molecule has 0 radical (unpaired) electrons. The van der Waals surface area contributed by atoms with E-state index in [9.17, 15) is 4.79 Å². The number of fused-ring (bicyclic) bond motifs is 1. The number of para-hydroxylation sites is 2. The maximum Gasteiger partial charge on any atom is 0.371 e. The molecule has 0 spiro atoms. The predicted molar refractivity (Wildman–Crippen MR) is 94.7 cm³/mol. The zero-order chi connectivity index (χ0) is 16.9. The van der Waals surface area contributed by atoms with Crippen LogP contribution >= 0.6 is 0 Å². The summed E-state index contributed by atoms with van der Waals surface area (Å²) in [5, 5.41) is 8.59. The molecule has 1 aromatic heterocycles. The van der Waals surface area contributed by atoms with Crippen LogP contribution in [0, 0.1) is 0 Å². The Labute approximate surface area is 138 Å². The van der Waals surface area contributed by atoms with Gasteiger partial charge in [-0.2, -0.15) is 0 Å². The molecule has 23 heavy (non-hydrogen) atoms. The molecule has 0 aliphatic carbocycles. The number of rotatable bonds is 9. The van der Waals surface area contributed by atoms with Crippen LogP contribution in [0.3, 0.4) is 0 Å². The molecule has 5 heteroatoms. The minimum absolute atomic E-state index is 0.0174. The molecular formula is C18H29N3O2. The molecule has 0 bridgehead atoms. The van der Waals surface area contributed by atoms with Crippen LogP contribution < -0.4 is 5.73 Å². The van der Waals surface area contributed by atoms with Crippen molar-refractivity contribution < 1.29 is 9.90 Å². The lowest BCUT2D eigenvalue weighted by Crippen LogP contribution is -1.97. The summed E-state index contributed by atoms with van der Waals surface area (Å²) in [6.07, 6.45) is 11.0. The number of aromatic nitrogens is 2. The summed E-state index contributed by atoms with van der Waals surface area (Å²) in [6, 6.07) is 7.19. The molecule has 128 valence electrons. The molecule has 0 saturated heterocycles. The van der Waals surface area contributed by atoms with Crippen LogP contribution in [0.5, 0.6) is 0 Å². The van der Waals surface area contributed by atoms with Gasteiger partial charge in [0, 0.05) is 0 Å². The van der Waals surface area contributed by atoms with Gasteiger partial charge >= 0.3 is 5.97 Å². The van der Waals surface area contributed by atoms with Crippen molar-refractivity contribution in [2.45, 2.75) is 58.3 Å². The Morgan fingerprint density at radius 3 is 2.26 bits per heavy atom. The zero-order valence-electron chi connectivity index (χ0n) is 14.1. The fourth-order valence-corrected chi connectivity index (χ4v) is 2.33. The van der Waals surface area contributed by atoms with Gasteiger partial charge < -0.3 is 15.8 Å². The summed E-state index contributed by atoms with van der Waals surface area (Å²) < 4.78 is 0. The standard InChI is InChI=1S/C10H23N.C8H6N2O2/c1-2-3-4-5-6-7-8-9-10-11;11-8(12)7-9-5-3-1-2-4-6(5)10-7/h2-11H2,1H3;1-4H,(H,9,10)(H,11,12). The van der Waals surface area contributed by atoms with Gasteiger partial charge in [0.25, 0.3) is 0 Å². The first-order chi connectivity index (χ1) is 11.2. The quantitative estimate of drug-likeness (QED) is 0.599. The van der Waals surface area contributed by atoms with Crippen LogP contribution in [0.2, 0.25) is 0 Å². The van der Waals surface area contributed by atoms with Crippen LogP contribution in [0.1, 0.15) is 68.9 Å². The molecule has 4 N–H and O–H groups in total. The van der Waals surface area contributed by atoms with Crippen molar-refractivity contribution in [1.29, 1.82) is 0 Å². The van der Waals surface area contributed by atoms with Crippen LogP contribution in [-0.4, -0.2) is 27.6 Å². The minimum atomic E-state index is -1.04. The number of nitrogens with one attached hydrogen (secondary N) is 1. The summed E-state index contributed by atoms with van der Waals surface area (Å²) in [4.78, 5) is 17.0. The molecular weight excluding hydrogens is 290 g/mol. The highest BCUT2D eigenvalue weighted by atomic mass is 16.4. The number of carbonyl (C=O) groups is 1. The smallest absolute Gasteiger partial charge is 0.371 e. The van der Waals surface area contributed by atoms with E-state index in [0.29, 0.717) is 5.52 Å². The average Bonchev–Trinajstić information content (AvgIpc) is 2.99. The molecule has 0 atom stereocenters. The highest BCUT2D eigenvalue weighted by molar-refractivity contribution is 5.88. The first-order valence-electron chi connectivity index (χ1n) is 8.57. The van der Waals surface area contributed by atoms with Crippen molar-refractivity contribution in [3.63, 3.8) is 0 Å². The highest BCUT2D eigenvalue weighted by Crippen LogP contribution is 2.09. The van der Waals surface area contributed by atoms with E-state index < -0.39 is 5.97 Å². The number of benzene rings is 1. The second-order valence-electron chi connectivity index (χ2n) is 5.67. The Kier molecular flexibility index (Phi) is 9.71. The number of aromatic amines is 1. The number of nitrogens with two attached hydrogens (primary N) is 1. The molecule has 1 aromatic carbocycles. The van der Waals surface area contributed by atoms with Crippen LogP contribution in [0.15, 0.2) is 24.3 Å². The lowest BCUT2D eigenvalue weighted by Gasteiger charge is -1.99. The van der Waals surface area contributed by atoms with Gasteiger partial charge in [0.2, 0.25) is 5.82 Å². The molecule has 0 unspecified atom stereocenters. The molecule has 0 amide bonds. The first-order valence-corrected chi connectivity index (χ1v) is 8.57. The lowest BCUT2D eigenvalue weighted by atomic mass is 10.1. The number of nitrogens with zero attached hydrogens (tertiary/aromatic N) is 1. The Morgan fingerprint density at radius 1 is 1.09 bits per heavy atom. The average molecular weight is 319 g/mol. The van der Waals surface area contributed by atoms with Crippen molar-refractivity contribution in [3.8, 4) is 0 Å². The summed E-state index contributed by atoms with van der Waals surface area (Å²) in [6.45, 7) is 3.13. The minimum Gasteiger partial charge on any atom is -0.475 e. The number of H-pyrrole nitrogens is 1. The number of imidazole rings is 1. The van der Waals surface area contributed by atoms with E-state index in [1.807, 2.05) is 12.1 Å². The SMILES string of the molecule is CCCCCCCCCCN.O=C(O)c1nc2ccccc2[nH]1. The summed E-state index contributed by atoms with van der Waals surface area (Å²) in [5.74, 6) is -1.05. The van der Waals surface area contributed by atoms with Gasteiger partial charge in [0.15, 0.2) is 0 Å². The normalized spacial score (nSPS) is 10.3. The van der Waals surface area contributed by atoms with Gasteiger partial charge in [-0.3, -0.25) is 0 Å². The number of hydrogen-bond donors (Lipinski definition) is 3. The largest absolute Gasteiger partial charge is 0.475 e. The van der Waals surface area contributed by atoms with Gasteiger partial charge in [-0.05, 0) is 25.1 Å². The van der Waals surface area contributed by atoms with Crippen LogP contribution in [0.4, 0.5) is 0 Å².